The molecule has 0 aliphatic carbocycles. The van der Waals surface area contributed by atoms with E-state index in [0.717, 1.165) is 0 Å². The molecule has 4 heteroatoms. The second kappa shape index (κ2) is 3.14. The zero-order chi connectivity index (χ0) is 6.85. The lowest BCUT2D eigenvalue weighted by atomic mass is 10.2. The van der Waals surface area contributed by atoms with Crippen molar-refractivity contribution in [2.75, 3.05) is 6.61 Å². The van der Waals surface area contributed by atoms with E-state index in [-0.39, 0.29) is 16.8 Å². The molecule has 1 unspecified atom stereocenters. The summed E-state index contributed by atoms with van der Waals surface area (Å²) >= 11 is 2.09. The lowest BCUT2D eigenvalue weighted by molar-refractivity contribution is 0.000473. The van der Waals surface area contributed by atoms with Crippen molar-refractivity contribution in [2.45, 2.75) is 22.7 Å². The molecule has 3 atom stereocenters. The lowest BCUT2D eigenvalue weighted by Gasteiger charge is -2.08. The van der Waals surface area contributed by atoms with Crippen LogP contribution in [0.1, 0.15) is 6.42 Å². The largest absolute Gasteiger partial charge is 0.394 e. The average Bonchev–Trinajstić information content (AvgIpc) is 2.10. The van der Waals surface area contributed by atoms with Gasteiger partial charge in [0.15, 0.2) is 0 Å². The smallest absolute Gasteiger partial charge is 0.112 e. The van der Waals surface area contributed by atoms with Crippen LogP contribution in [-0.4, -0.2) is 33.1 Å². The average molecular weight is 244 g/mol. The first-order valence-electron chi connectivity index (χ1n) is 2.82. The molecule has 9 heavy (non-hydrogen) atoms. The quantitative estimate of drug-likeness (QED) is 0.499. The summed E-state index contributed by atoms with van der Waals surface area (Å²) < 4.78 is 5.17. The molecule has 3 nitrogen and oxygen atoms in total. The monoisotopic (exact) mass is 244 g/mol. The number of halogens is 1. The number of hydrogen-bond donors (Lipinski definition) is 2. The maximum Gasteiger partial charge on any atom is 0.112 e. The van der Waals surface area contributed by atoms with Crippen LogP contribution >= 0.6 is 22.6 Å². The molecule has 2 N–H and O–H groups in total. The molecule has 1 rings (SSSR count). The first-order chi connectivity index (χ1) is 4.24. The number of ether oxygens (including phenoxy) is 1. The fourth-order valence-corrected chi connectivity index (χ4v) is 1.74. The lowest BCUT2D eigenvalue weighted by Crippen LogP contribution is -2.24. The Kier molecular flexibility index (Phi) is 2.69. The summed E-state index contributed by atoms with van der Waals surface area (Å²) in [5.74, 6) is 0. The van der Waals surface area contributed by atoms with E-state index in [2.05, 4.69) is 22.6 Å². The van der Waals surface area contributed by atoms with E-state index >= 15 is 0 Å². The topological polar surface area (TPSA) is 49.7 Å². The van der Waals surface area contributed by atoms with Gasteiger partial charge in [-0.2, -0.15) is 0 Å². The molecule has 1 saturated heterocycles. The van der Waals surface area contributed by atoms with Gasteiger partial charge in [0.05, 0.1) is 12.7 Å². The van der Waals surface area contributed by atoms with Crippen molar-refractivity contribution in [3.8, 4) is 0 Å². The summed E-state index contributed by atoms with van der Waals surface area (Å²) in [4.78, 5) is 0. The third-order valence-electron chi connectivity index (χ3n) is 1.36. The van der Waals surface area contributed by atoms with Crippen LogP contribution in [0.2, 0.25) is 0 Å². The maximum atomic E-state index is 9.07. The molecule has 0 amide bonds. The van der Waals surface area contributed by atoms with Crippen molar-refractivity contribution >= 4 is 22.6 Å². The van der Waals surface area contributed by atoms with Crippen LogP contribution in [0.15, 0.2) is 0 Å². The molecule has 0 aromatic carbocycles. The summed E-state index contributed by atoms with van der Waals surface area (Å²) in [7, 11) is 0. The van der Waals surface area contributed by atoms with Gasteiger partial charge in [-0.1, -0.05) is 22.6 Å². The van der Waals surface area contributed by atoms with Crippen LogP contribution in [0, 0.1) is 0 Å². The van der Waals surface area contributed by atoms with Gasteiger partial charge in [-0.25, -0.2) is 0 Å². The van der Waals surface area contributed by atoms with E-state index in [9.17, 15) is 0 Å². The highest BCUT2D eigenvalue weighted by Gasteiger charge is 2.31. The Balaban J connectivity index is 2.38. The second-order valence-corrected chi connectivity index (χ2v) is 3.46. The minimum Gasteiger partial charge on any atom is -0.394 e. The summed E-state index contributed by atoms with van der Waals surface area (Å²) in [6, 6.07) is 0. The summed E-state index contributed by atoms with van der Waals surface area (Å²) in [5.41, 5.74) is 0. The minimum atomic E-state index is -0.475. The SMILES string of the molecule is OCC1O[C@H](I)C[C@H]1O. The Hall–Kier alpha value is 0.610. The van der Waals surface area contributed by atoms with Crippen LogP contribution in [0.4, 0.5) is 0 Å². The minimum absolute atomic E-state index is 0.0646. The van der Waals surface area contributed by atoms with Gasteiger partial charge in [-0.05, 0) is 0 Å². The normalized spacial score (nSPS) is 43.7. The Labute approximate surface area is 67.2 Å². The maximum absolute atomic E-state index is 9.07. The van der Waals surface area contributed by atoms with Gasteiger partial charge >= 0.3 is 0 Å². The van der Waals surface area contributed by atoms with Crippen molar-refractivity contribution in [2.24, 2.45) is 0 Å². The highest BCUT2D eigenvalue weighted by molar-refractivity contribution is 14.1. The third-order valence-corrected chi connectivity index (χ3v) is 2.16. The van der Waals surface area contributed by atoms with Gasteiger partial charge in [-0.15, -0.1) is 0 Å². The predicted molar refractivity (Wildman–Crippen MR) is 40.4 cm³/mol. The number of alkyl halides is 1. The molecular weight excluding hydrogens is 235 g/mol. The third kappa shape index (κ3) is 1.76. The molecule has 54 valence electrons. The fraction of sp³-hybridized carbons (Fsp3) is 1.00. The summed E-state index contributed by atoms with van der Waals surface area (Å²) in [5, 5.41) is 17.6. The number of hydrogen-bond acceptors (Lipinski definition) is 3. The van der Waals surface area contributed by atoms with Crippen LogP contribution in [0.3, 0.4) is 0 Å². The summed E-state index contributed by atoms with van der Waals surface area (Å²) in [6.07, 6.45) is -0.199. The van der Waals surface area contributed by atoms with Crippen molar-refractivity contribution in [3.05, 3.63) is 0 Å². The van der Waals surface area contributed by atoms with Gasteiger partial charge in [-0.3, -0.25) is 0 Å². The molecule has 0 aromatic heterocycles. The van der Waals surface area contributed by atoms with Gasteiger partial charge in [0.1, 0.15) is 10.2 Å². The van der Waals surface area contributed by atoms with E-state index in [1.165, 1.54) is 0 Å². The van der Waals surface area contributed by atoms with Gasteiger partial charge < -0.3 is 14.9 Å². The molecule has 0 aromatic rings. The highest BCUT2D eigenvalue weighted by Crippen LogP contribution is 2.24. The van der Waals surface area contributed by atoms with Crippen LogP contribution in [-0.2, 0) is 4.74 Å². The second-order valence-electron chi connectivity index (χ2n) is 2.07. The molecule has 1 aliphatic heterocycles. The van der Waals surface area contributed by atoms with Crippen molar-refractivity contribution in [1.29, 1.82) is 0 Å². The highest BCUT2D eigenvalue weighted by atomic mass is 127. The first kappa shape index (κ1) is 7.71. The molecule has 0 spiro atoms. The Morgan fingerprint density at radius 1 is 1.67 bits per heavy atom. The molecule has 0 radical (unpaired) electrons. The summed E-state index contributed by atoms with van der Waals surface area (Å²) in [6.45, 7) is -0.0827. The van der Waals surface area contributed by atoms with Crippen LogP contribution in [0.5, 0.6) is 0 Å². The fourth-order valence-electron chi connectivity index (χ4n) is 0.842. The van der Waals surface area contributed by atoms with Crippen molar-refractivity contribution in [1.82, 2.24) is 0 Å². The van der Waals surface area contributed by atoms with Gasteiger partial charge in [0.25, 0.3) is 0 Å². The molecule has 1 aliphatic rings. The molecule has 1 heterocycles. The molecular formula is C5H9IO3. The zero-order valence-electron chi connectivity index (χ0n) is 4.83. The van der Waals surface area contributed by atoms with E-state index in [1.54, 1.807) is 0 Å². The molecule has 1 fully saturated rings. The van der Waals surface area contributed by atoms with Gasteiger partial charge in [0, 0.05) is 6.42 Å². The van der Waals surface area contributed by atoms with Crippen molar-refractivity contribution in [3.63, 3.8) is 0 Å². The Morgan fingerprint density at radius 2 is 2.33 bits per heavy atom. The van der Waals surface area contributed by atoms with E-state index in [4.69, 9.17) is 14.9 Å². The number of aliphatic hydroxyl groups excluding tert-OH is 2. The van der Waals surface area contributed by atoms with Crippen molar-refractivity contribution < 1.29 is 14.9 Å². The number of rotatable bonds is 1. The van der Waals surface area contributed by atoms with E-state index < -0.39 is 6.10 Å². The van der Waals surface area contributed by atoms with E-state index in [0.29, 0.717) is 6.42 Å². The Morgan fingerprint density at radius 3 is 2.56 bits per heavy atom. The van der Waals surface area contributed by atoms with Crippen LogP contribution < -0.4 is 0 Å². The predicted octanol–water partition coefficient (Wildman–Crippen LogP) is -0.110. The number of aliphatic hydroxyl groups is 2. The van der Waals surface area contributed by atoms with E-state index in [1.807, 2.05) is 0 Å². The zero-order valence-corrected chi connectivity index (χ0v) is 6.98. The Bertz CT molecular complexity index is 98.2. The van der Waals surface area contributed by atoms with Crippen LogP contribution in [0.25, 0.3) is 0 Å². The van der Waals surface area contributed by atoms with Gasteiger partial charge in [0.2, 0.25) is 0 Å². The first-order valence-corrected chi connectivity index (χ1v) is 4.07. The molecule has 0 bridgehead atoms. The standard InChI is InChI=1S/C5H9IO3/c6-5-1-3(8)4(2-7)9-5/h3-5,7-8H,1-2H2/t3-,4?,5+/m1/s1. The molecule has 0 saturated carbocycles.